The SMILES string of the molecule is CCC(CC)N(C)CCc1c(C)nc(Cl)nc1Cl. The van der Waals surface area contributed by atoms with Gasteiger partial charge in [0, 0.05) is 23.8 Å². The smallest absolute Gasteiger partial charge is 0.224 e. The highest BCUT2D eigenvalue weighted by atomic mass is 35.5. The Balaban J connectivity index is 2.69. The summed E-state index contributed by atoms with van der Waals surface area (Å²) >= 11 is 11.9. The van der Waals surface area contributed by atoms with Gasteiger partial charge in [-0.1, -0.05) is 25.4 Å². The van der Waals surface area contributed by atoms with Gasteiger partial charge in [0.05, 0.1) is 0 Å². The molecule has 18 heavy (non-hydrogen) atoms. The van der Waals surface area contributed by atoms with Crippen molar-refractivity contribution < 1.29 is 0 Å². The van der Waals surface area contributed by atoms with E-state index in [1.54, 1.807) is 0 Å². The molecule has 0 fully saturated rings. The minimum absolute atomic E-state index is 0.217. The molecule has 102 valence electrons. The lowest BCUT2D eigenvalue weighted by molar-refractivity contribution is 0.232. The third-order valence-electron chi connectivity index (χ3n) is 3.42. The molecule has 0 bridgehead atoms. The molecule has 0 aliphatic carbocycles. The molecule has 0 saturated carbocycles. The normalized spacial score (nSPS) is 11.6. The minimum Gasteiger partial charge on any atom is -0.303 e. The Morgan fingerprint density at radius 1 is 1.17 bits per heavy atom. The van der Waals surface area contributed by atoms with Crippen LogP contribution in [0.25, 0.3) is 0 Å². The van der Waals surface area contributed by atoms with E-state index in [0.717, 1.165) is 37.1 Å². The predicted octanol–water partition coefficient (Wildman–Crippen LogP) is 3.75. The maximum atomic E-state index is 6.11. The first-order chi connectivity index (χ1) is 8.49. The summed E-state index contributed by atoms with van der Waals surface area (Å²) in [5.74, 6) is 0. The number of aryl methyl sites for hydroxylation is 1. The molecule has 0 atom stereocenters. The molecule has 1 aromatic heterocycles. The first-order valence-electron chi connectivity index (χ1n) is 6.38. The molecule has 3 nitrogen and oxygen atoms in total. The van der Waals surface area contributed by atoms with E-state index in [2.05, 4.69) is 35.8 Å². The van der Waals surface area contributed by atoms with Gasteiger partial charge in [-0.3, -0.25) is 0 Å². The molecular formula is C13H21Cl2N3. The molecule has 0 saturated heterocycles. The summed E-state index contributed by atoms with van der Waals surface area (Å²) in [6, 6.07) is 0.623. The van der Waals surface area contributed by atoms with Crippen molar-refractivity contribution in [2.24, 2.45) is 0 Å². The molecular weight excluding hydrogens is 269 g/mol. The van der Waals surface area contributed by atoms with E-state index in [-0.39, 0.29) is 5.28 Å². The summed E-state index contributed by atoms with van der Waals surface area (Å²) in [5.41, 5.74) is 1.87. The molecule has 1 heterocycles. The van der Waals surface area contributed by atoms with Gasteiger partial charge >= 0.3 is 0 Å². The molecule has 0 unspecified atom stereocenters. The van der Waals surface area contributed by atoms with Crippen molar-refractivity contribution in [3.8, 4) is 0 Å². The van der Waals surface area contributed by atoms with E-state index in [4.69, 9.17) is 23.2 Å². The molecule has 1 aromatic rings. The van der Waals surface area contributed by atoms with Crippen LogP contribution < -0.4 is 0 Å². The fourth-order valence-electron chi connectivity index (χ4n) is 2.20. The molecule has 0 amide bonds. The van der Waals surface area contributed by atoms with E-state index < -0.39 is 0 Å². The molecule has 5 heteroatoms. The summed E-state index contributed by atoms with van der Waals surface area (Å²) in [5, 5.41) is 0.694. The monoisotopic (exact) mass is 289 g/mol. The zero-order valence-corrected chi connectivity index (χ0v) is 13.0. The third-order valence-corrected chi connectivity index (χ3v) is 3.90. The van der Waals surface area contributed by atoms with Crippen LogP contribution in [0, 0.1) is 6.92 Å². The van der Waals surface area contributed by atoms with Crippen LogP contribution in [0.4, 0.5) is 0 Å². The van der Waals surface area contributed by atoms with Crippen LogP contribution in [0.15, 0.2) is 0 Å². The molecule has 0 radical (unpaired) electrons. The van der Waals surface area contributed by atoms with E-state index in [9.17, 15) is 0 Å². The minimum atomic E-state index is 0.217. The average molecular weight is 290 g/mol. The average Bonchev–Trinajstić information content (AvgIpc) is 2.29. The van der Waals surface area contributed by atoms with Gasteiger partial charge in [0.2, 0.25) is 5.28 Å². The summed E-state index contributed by atoms with van der Waals surface area (Å²) in [4.78, 5) is 10.5. The van der Waals surface area contributed by atoms with Gasteiger partial charge in [0.25, 0.3) is 0 Å². The van der Waals surface area contributed by atoms with Crippen LogP contribution in [0.5, 0.6) is 0 Å². The number of halogens is 2. The van der Waals surface area contributed by atoms with Gasteiger partial charge < -0.3 is 4.90 Å². The van der Waals surface area contributed by atoms with Crippen molar-refractivity contribution in [2.75, 3.05) is 13.6 Å². The summed E-state index contributed by atoms with van der Waals surface area (Å²) in [6.45, 7) is 7.31. The summed E-state index contributed by atoms with van der Waals surface area (Å²) in [6.07, 6.45) is 3.18. The first kappa shape index (κ1) is 15.7. The molecule has 0 aromatic carbocycles. The van der Waals surface area contributed by atoms with E-state index in [1.807, 2.05) is 6.92 Å². The maximum Gasteiger partial charge on any atom is 0.224 e. The van der Waals surface area contributed by atoms with Gasteiger partial charge in [0.15, 0.2) is 0 Å². The van der Waals surface area contributed by atoms with Gasteiger partial charge in [-0.15, -0.1) is 0 Å². The van der Waals surface area contributed by atoms with Crippen LogP contribution >= 0.6 is 23.2 Å². The number of aromatic nitrogens is 2. The zero-order chi connectivity index (χ0) is 13.7. The van der Waals surface area contributed by atoms with Crippen molar-refractivity contribution in [2.45, 2.75) is 46.1 Å². The van der Waals surface area contributed by atoms with Crippen molar-refractivity contribution >= 4 is 23.2 Å². The van der Waals surface area contributed by atoms with Crippen molar-refractivity contribution in [3.05, 3.63) is 21.7 Å². The van der Waals surface area contributed by atoms with Crippen molar-refractivity contribution in [1.29, 1.82) is 0 Å². The van der Waals surface area contributed by atoms with Gasteiger partial charge in [0.1, 0.15) is 5.15 Å². The van der Waals surface area contributed by atoms with Crippen LogP contribution in [-0.2, 0) is 6.42 Å². The Morgan fingerprint density at radius 2 is 1.78 bits per heavy atom. The lowest BCUT2D eigenvalue weighted by Crippen LogP contribution is -2.32. The van der Waals surface area contributed by atoms with Crippen LogP contribution in [0.1, 0.15) is 37.9 Å². The Morgan fingerprint density at radius 3 is 2.28 bits per heavy atom. The second-order valence-corrected chi connectivity index (χ2v) is 5.24. The van der Waals surface area contributed by atoms with Crippen LogP contribution in [0.3, 0.4) is 0 Å². The fraction of sp³-hybridized carbons (Fsp3) is 0.692. The number of hydrogen-bond donors (Lipinski definition) is 0. The summed E-state index contributed by atoms with van der Waals surface area (Å²) in [7, 11) is 2.15. The highest BCUT2D eigenvalue weighted by Gasteiger charge is 2.13. The molecule has 0 N–H and O–H groups in total. The quantitative estimate of drug-likeness (QED) is 0.590. The highest BCUT2D eigenvalue weighted by molar-refractivity contribution is 6.32. The topological polar surface area (TPSA) is 29.0 Å². The number of nitrogens with zero attached hydrogens (tertiary/aromatic N) is 3. The second-order valence-electron chi connectivity index (χ2n) is 4.55. The van der Waals surface area contributed by atoms with Crippen molar-refractivity contribution in [3.63, 3.8) is 0 Å². The molecule has 0 aliphatic heterocycles. The Bertz CT molecular complexity index is 369. The lowest BCUT2D eigenvalue weighted by atomic mass is 10.1. The molecule has 1 rings (SSSR count). The largest absolute Gasteiger partial charge is 0.303 e. The van der Waals surface area contributed by atoms with Crippen LogP contribution in [0.2, 0.25) is 10.4 Å². The highest BCUT2D eigenvalue weighted by Crippen LogP contribution is 2.19. The Labute approximate surface area is 120 Å². The second kappa shape index (κ2) is 7.27. The maximum absolute atomic E-state index is 6.11. The van der Waals surface area contributed by atoms with Crippen LogP contribution in [-0.4, -0.2) is 34.5 Å². The van der Waals surface area contributed by atoms with Gasteiger partial charge in [-0.05, 0) is 44.8 Å². The fourth-order valence-corrected chi connectivity index (χ4v) is 2.76. The predicted molar refractivity (Wildman–Crippen MR) is 77.5 cm³/mol. The van der Waals surface area contributed by atoms with Crippen molar-refractivity contribution in [1.82, 2.24) is 14.9 Å². The van der Waals surface area contributed by atoms with E-state index >= 15 is 0 Å². The Kier molecular flexibility index (Phi) is 6.33. The third kappa shape index (κ3) is 4.08. The number of rotatable bonds is 6. The molecule has 0 aliphatic rings. The van der Waals surface area contributed by atoms with Gasteiger partial charge in [-0.2, -0.15) is 0 Å². The first-order valence-corrected chi connectivity index (χ1v) is 7.13. The molecule has 0 spiro atoms. The van der Waals surface area contributed by atoms with Gasteiger partial charge in [-0.25, -0.2) is 9.97 Å². The van der Waals surface area contributed by atoms with E-state index in [0.29, 0.717) is 11.2 Å². The van der Waals surface area contributed by atoms with E-state index in [1.165, 1.54) is 0 Å². The standard InChI is InChI=1S/C13H21Cl2N3/c1-5-10(6-2)18(4)8-7-11-9(3)16-13(15)17-12(11)14/h10H,5-8H2,1-4H3. The lowest BCUT2D eigenvalue weighted by Gasteiger charge is -2.26. The number of likely N-dealkylation sites (N-methyl/N-ethyl adjacent to an activating group) is 1. The summed E-state index contributed by atoms with van der Waals surface area (Å²) < 4.78 is 0. The zero-order valence-electron chi connectivity index (χ0n) is 11.5. The number of hydrogen-bond acceptors (Lipinski definition) is 3. The Hall–Kier alpha value is -0.380.